The predicted molar refractivity (Wildman–Crippen MR) is 119 cm³/mol. The van der Waals surface area contributed by atoms with Crippen molar-refractivity contribution in [1.29, 1.82) is 0 Å². The summed E-state index contributed by atoms with van der Waals surface area (Å²) in [4.78, 5) is 35.4. The largest absolute Gasteiger partial charge is 0.352 e. The van der Waals surface area contributed by atoms with Gasteiger partial charge in [0.05, 0.1) is 11.3 Å². The lowest BCUT2D eigenvalue weighted by Gasteiger charge is -2.27. The molecule has 0 spiro atoms. The van der Waals surface area contributed by atoms with E-state index in [2.05, 4.69) is 15.2 Å². The summed E-state index contributed by atoms with van der Waals surface area (Å²) >= 11 is 1.44. The van der Waals surface area contributed by atoms with Crippen LogP contribution in [0.1, 0.15) is 53.8 Å². The molecule has 6 nitrogen and oxygen atoms in total. The molecule has 1 aromatic heterocycles. The van der Waals surface area contributed by atoms with E-state index in [0.717, 1.165) is 23.5 Å². The van der Waals surface area contributed by atoms with E-state index in [4.69, 9.17) is 0 Å². The topological polar surface area (TPSA) is 65.5 Å². The Kier molecular flexibility index (Phi) is 6.39. The monoisotopic (exact) mass is 424 g/mol. The molecule has 1 saturated heterocycles. The third-order valence-electron chi connectivity index (χ3n) is 5.56. The zero-order valence-electron chi connectivity index (χ0n) is 17.6. The minimum Gasteiger partial charge on any atom is -0.352 e. The second kappa shape index (κ2) is 9.18. The number of carbonyl (C=O) groups is 2. The van der Waals surface area contributed by atoms with Gasteiger partial charge in [-0.25, -0.2) is 4.98 Å². The Balaban J connectivity index is 1.51. The highest BCUT2D eigenvalue weighted by molar-refractivity contribution is 7.99. The van der Waals surface area contributed by atoms with E-state index in [1.807, 2.05) is 32.0 Å². The van der Waals surface area contributed by atoms with Gasteiger partial charge in [0.15, 0.2) is 0 Å². The van der Waals surface area contributed by atoms with Gasteiger partial charge in [-0.05, 0) is 83.1 Å². The molecule has 2 amide bonds. The normalized spacial score (nSPS) is 16.4. The third-order valence-corrected chi connectivity index (χ3v) is 6.63. The van der Waals surface area contributed by atoms with Gasteiger partial charge >= 0.3 is 0 Å². The first-order valence-corrected chi connectivity index (χ1v) is 11.5. The molecule has 3 heterocycles. The minimum absolute atomic E-state index is 0.00623. The number of benzene rings is 1. The lowest BCUT2D eigenvalue weighted by Crippen LogP contribution is -2.37. The lowest BCUT2D eigenvalue weighted by molar-refractivity contribution is 0.0950. The zero-order valence-corrected chi connectivity index (χ0v) is 18.4. The number of pyridine rings is 1. The van der Waals surface area contributed by atoms with Gasteiger partial charge in [0.2, 0.25) is 0 Å². The first kappa shape index (κ1) is 20.9. The number of nitrogens with one attached hydrogen (secondary N) is 1. The molecule has 0 atom stereocenters. The molecule has 0 radical (unpaired) electrons. The summed E-state index contributed by atoms with van der Waals surface area (Å²) in [5.41, 5.74) is 2.03. The van der Waals surface area contributed by atoms with Crippen LogP contribution in [0, 0.1) is 0 Å². The first-order valence-electron chi connectivity index (χ1n) is 10.7. The molecule has 2 aliphatic rings. The van der Waals surface area contributed by atoms with Crippen molar-refractivity contribution in [2.45, 2.75) is 49.1 Å². The van der Waals surface area contributed by atoms with Crippen LogP contribution in [0.4, 0.5) is 5.69 Å². The van der Waals surface area contributed by atoms with Crippen molar-refractivity contribution in [3.63, 3.8) is 0 Å². The van der Waals surface area contributed by atoms with Crippen molar-refractivity contribution in [2.75, 3.05) is 31.1 Å². The maximum Gasteiger partial charge on any atom is 0.261 e. The van der Waals surface area contributed by atoms with Gasteiger partial charge in [-0.3, -0.25) is 9.59 Å². The molecule has 7 heteroatoms. The molecule has 0 bridgehead atoms. The number of hydrogen-bond acceptors (Lipinski definition) is 5. The summed E-state index contributed by atoms with van der Waals surface area (Å²) in [7, 11) is 0. The highest BCUT2D eigenvalue weighted by Gasteiger charge is 2.30. The molecule has 30 heavy (non-hydrogen) atoms. The minimum atomic E-state index is -0.0762. The van der Waals surface area contributed by atoms with Crippen LogP contribution in [0.5, 0.6) is 0 Å². The number of likely N-dealkylation sites (tertiary alicyclic amines) is 1. The van der Waals surface area contributed by atoms with Crippen LogP contribution in [-0.4, -0.2) is 53.9 Å². The van der Waals surface area contributed by atoms with Gasteiger partial charge in [-0.2, -0.15) is 0 Å². The number of fused-ring (bicyclic) bond motifs is 2. The smallest absolute Gasteiger partial charge is 0.261 e. The number of hydrogen-bond donors (Lipinski definition) is 1. The van der Waals surface area contributed by atoms with E-state index in [9.17, 15) is 9.59 Å². The summed E-state index contributed by atoms with van der Waals surface area (Å²) in [5, 5.41) is 3.71. The lowest BCUT2D eigenvalue weighted by atomic mass is 10.1. The van der Waals surface area contributed by atoms with E-state index in [1.54, 1.807) is 23.2 Å². The highest BCUT2D eigenvalue weighted by atomic mass is 32.2. The predicted octanol–water partition coefficient (Wildman–Crippen LogP) is 3.82. The Labute approximate surface area is 182 Å². The third kappa shape index (κ3) is 4.37. The summed E-state index contributed by atoms with van der Waals surface area (Å²) < 4.78 is 0. The van der Waals surface area contributed by atoms with E-state index in [0.29, 0.717) is 22.7 Å². The van der Waals surface area contributed by atoms with E-state index < -0.39 is 0 Å². The summed E-state index contributed by atoms with van der Waals surface area (Å²) in [6, 6.07) is 9.15. The van der Waals surface area contributed by atoms with Crippen LogP contribution in [0.3, 0.4) is 0 Å². The van der Waals surface area contributed by atoms with Crippen molar-refractivity contribution >= 4 is 29.3 Å². The molecule has 1 N–H and O–H groups in total. The second-order valence-corrected chi connectivity index (χ2v) is 9.10. The molecule has 2 aliphatic heterocycles. The average molecular weight is 425 g/mol. The molecular formula is C23H28N4O2S. The van der Waals surface area contributed by atoms with E-state index in [-0.39, 0.29) is 17.9 Å². The highest BCUT2D eigenvalue weighted by Crippen LogP contribution is 2.41. The zero-order chi connectivity index (χ0) is 21.1. The number of carbonyl (C=O) groups excluding carboxylic acids is 2. The van der Waals surface area contributed by atoms with Gasteiger partial charge in [0.25, 0.3) is 11.8 Å². The molecular weight excluding hydrogens is 396 g/mol. The Morgan fingerprint density at radius 1 is 1.23 bits per heavy atom. The standard InChI is InChI=1S/C23H28N4O2S/c1-16(2)27-19-9-8-17(21(28)24-11-6-14-26-12-3-4-13-26)15-20(19)30-22-18(23(27)29)7-5-10-25-22/h5,7-10,15-16H,3-4,6,11-14H2,1-2H3,(H,24,28). The van der Waals surface area contributed by atoms with Crippen molar-refractivity contribution in [1.82, 2.24) is 15.2 Å². The average Bonchev–Trinajstić information content (AvgIpc) is 3.21. The fraction of sp³-hybridized carbons (Fsp3) is 0.435. The second-order valence-electron chi connectivity index (χ2n) is 8.07. The number of rotatable bonds is 6. The Morgan fingerprint density at radius 2 is 2.03 bits per heavy atom. The van der Waals surface area contributed by atoms with Crippen LogP contribution in [-0.2, 0) is 0 Å². The van der Waals surface area contributed by atoms with Crippen LogP contribution in [0.15, 0.2) is 46.5 Å². The first-order chi connectivity index (χ1) is 14.5. The number of nitrogens with zero attached hydrogens (tertiary/aromatic N) is 3. The van der Waals surface area contributed by atoms with E-state index in [1.165, 1.54) is 37.7 Å². The maximum absolute atomic E-state index is 13.1. The molecule has 0 saturated carbocycles. The Hall–Kier alpha value is -2.38. The Morgan fingerprint density at radius 3 is 2.80 bits per heavy atom. The number of anilines is 1. The molecule has 0 unspecified atom stereocenters. The number of aromatic nitrogens is 1. The molecule has 1 fully saturated rings. The molecule has 1 aromatic carbocycles. The van der Waals surface area contributed by atoms with Crippen molar-refractivity contribution < 1.29 is 9.59 Å². The Bertz CT molecular complexity index is 941. The van der Waals surface area contributed by atoms with Gasteiger partial charge in [0.1, 0.15) is 5.03 Å². The number of amides is 2. The van der Waals surface area contributed by atoms with Crippen LogP contribution in [0.25, 0.3) is 0 Å². The molecule has 2 aromatic rings. The van der Waals surface area contributed by atoms with Gasteiger partial charge in [0, 0.05) is 29.2 Å². The summed E-state index contributed by atoms with van der Waals surface area (Å²) in [6.07, 6.45) is 5.22. The van der Waals surface area contributed by atoms with E-state index >= 15 is 0 Å². The van der Waals surface area contributed by atoms with Crippen molar-refractivity contribution in [3.8, 4) is 0 Å². The van der Waals surface area contributed by atoms with Gasteiger partial charge in [-0.15, -0.1) is 0 Å². The molecule has 4 rings (SSSR count). The molecule has 0 aliphatic carbocycles. The molecule has 158 valence electrons. The fourth-order valence-corrected chi connectivity index (χ4v) is 5.08. The van der Waals surface area contributed by atoms with Gasteiger partial charge in [-0.1, -0.05) is 11.8 Å². The summed E-state index contributed by atoms with van der Waals surface area (Å²) in [5.74, 6) is -0.133. The summed E-state index contributed by atoms with van der Waals surface area (Å²) in [6.45, 7) is 8.05. The fourth-order valence-electron chi connectivity index (χ4n) is 4.04. The van der Waals surface area contributed by atoms with Crippen LogP contribution in [0.2, 0.25) is 0 Å². The van der Waals surface area contributed by atoms with Crippen molar-refractivity contribution in [3.05, 3.63) is 47.7 Å². The SMILES string of the molecule is CC(C)N1C(=O)c2cccnc2Sc2cc(C(=O)NCCCN3CCCC3)ccc21. The van der Waals surface area contributed by atoms with Crippen LogP contribution < -0.4 is 10.2 Å². The van der Waals surface area contributed by atoms with Gasteiger partial charge < -0.3 is 15.1 Å². The maximum atomic E-state index is 13.1. The quantitative estimate of drug-likeness (QED) is 0.714. The van der Waals surface area contributed by atoms with Crippen molar-refractivity contribution in [2.24, 2.45) is 0 Å². The van der Waals surface area contributed by atoms with Crippen LogP contribution >= 0.6 is 11.8 Å².